The van der Waals surface area contributed by atoms with Crippen LogP contribution in [0.15, 0.2) is 47.4 Å². The van der Waals surface area contributed by atoms with Crippen LogP contribution in [-0.4, -0.2) is 10.2 Å². The molecule has 1 fully saturated rings. The lowest BCUT2D eigenvalue weighted by Gasteiger charge is -2.16. The Bertz CT molecular complexity index is 807. The number of aryl methyl sites for hydroxylation is 2. The molecule has 23 heavy (non-hydrogen) atoms. The van der Waals surface area contributed by atoms with Gasteiger partial charge in [0.25, 0.3) is 5.24 Å². The quantitative estimate of drug-likeness (QED) is 0.532. The smallest absolute Gasteiger partial charge is 0.261 e. The van der Waals surface area contributed by atoms with Gasteiger partial charge in [0.1, 0.15) is 10.8 Å². The van der Waals surface area contributed by atoms with E-state index in [-0.39, 0.29) is 11.1 Å². The molecule has 1 amide bonds. The van der Waals surface area contributed by atoms with Crippen LogP contribution in [0.5, 0.6) is 0 Å². The summed E-state index contributed by atoms with van der Waals surface area (Å²) in [6, 6.07) is 12.0. The van der Waals surface area contributed by atoms with Gasteiger partial charge < -0.3 is 0 Å². The molecule has 3 rings (SSSR count). The van der Waals surface area contributed by atoms with Gasteiger partial charge in [0.15, 0.2) is 0 Å². The van der Waals surface area contributed by atoms with Gasteiger partial charge >= 0.3 is 0 Å². The number of carbonyl (C=O) groups is 1. The van der Waals surface area contributed by atoms with Crippen molar-refractivity contribution in [3.63, 3.8) is 0 Å². The normalized spacial score (nSPS) is 16.5. The van der Waals surface area contributed by atoms with E-state index in [4.69, 9.17) is 12.2 Å². The second-order valence-corrected chi connectivity index (χ2v) is 6.79. The second-order valence-electron chi connectivity index (χ2n) is 5.41. The summed E-state index contributed by atoms with van der Waals surface area (Å²) in [5.74, 6) is -0.290. The van der Waals surface area contributed by atoms with E-state index in [1.165, 1.54) is 12.1 Å². The molecule has 116 valence electrons. The number of thioether (sulfide) groups is 1. The standard InChI is InChI=1S/C18H14FNOS2/c1-11-7-12(2)9-15(8-11)20-17(22)16(23-18(20)21)10-13-3-5-14(19)6-4-13/h3-10H,1-2H3. The monoisotopic (exact) mass is 343 g/mol. The molecule has 2 nitrogen and oxygen atoms in total. The van der Waals surface area contributed by atoms with E-state index in [0.29, 0.717) is 9.89 Å². The Labute approximate surface area is 144 Å². The Morgan fingerprint density at radius 1 is 1.09 bits per heavy atom. The van der Waals surface area contributed by atoms with Crippen LogP contribution in [-0.2, 0) is 0 Å². The van der Waals surface area contributed by atoms with Gasteiger partial charge in [-0.15, -0.1) is 0 Å². The minimum absolute atomic E-state index is 0.117. The van der Waals surface area contributed by atoms with Crippen LogP contribution in [0.3, 0.4) is 0 Å². The number of benzene rings is 2. The van der Waals surface area contributed by atoms with E-state index in [1.807, 2.05) is 32.1 Å². The first-order valence-corrected chi connectivity index (χ1v) is 8.28. The molecule has 1 aliphatic rings. The average Bonchev–Trinajstić information content (AvgIpc) is 2.75. The number of amides is 1. The Hall–Kier alpha value is -1.98. The third kappa shape index (κ3) is 3.35. The van der Waals surface area contributed by atoms with E-state index in [0.717, 1.165) is 34.1 Å². The van der Waals surface area contributed by atoms with Gasteiger partial charge in [-0.05, 0) is 72.6 Å². The molecule has 1 heterocycles. The summed E-state index contributed by atoms with van der Waals surface area (Å²) in [6.45, 7) is 3.98. The topological polar surface area (TPSA) is 20.3 Å². The molecule has 0 saturated carbocycles. The number of nitrogens with zero attached hydrogens (tertiary/aromatic N) is 1. The van der Waals surface area contributed by atoms with Crippen LogP contribution < -0.4 is 4.90 Å². The van der Waals surface area contributed by atoms with Gasteiger partial charge in [-0.1, -0.05) is 30.4 Å². The fourth-order valence-electron chi connectivity index (χ4n) is 2.48. The number of carbonyl (C=O) groups excluding carboxylic acids is 1. The summed E-state index contributed by atoms with van der Waals surface area (Å²) in [5.41, 5.74) is 3.76. The molecule has 2 aromatic carbocycles. The number of hydrogen-bond donors (Lipinski definition) is 0. The van der Waals surface area contributed by atoms with Crippen LogP contribution in [0, 0.1) is 19.7 Å². The van der Waals surface area contributed by atoms with E-state index >= 15 is 0 Å². The molecule has 0 aromatic heterocycles. The lowest BCUT2D eigenvalue weighted by molar-refractivity contribution is 0.268. The molecule has 0 spiro atoms. The highest BCUT2D eigenvalue weighted by Gasteiger charge is 2.33. The van der Waals surface area contributed by atoms with E-state index in [1.54, 1.807) is 17.0 Å². The van der Waals surface area contributed by atoms with Crippen molar-refractivity contribution in [1.29, 1.82) is 0 Å². The van der Waals surface area contributed by atoms with Crippen molar-refractivity contribution in [3.8, 4) is 0 Å². The average molecular weight is 343 g/mol. The van der Waals surface area contributed by atoms with E-state index < -0.39 is 0 Å². The van der Waals surface area contributed by atoms with Crippen LogP contribution in [0.1, 0.15) is 16.7 Å². The lowest BCUT2D eigenvalue weighted by atomic mass is 10.1. The van der Waals surface area contributed by atoms with Crippen molar-refractivity contribution < 1.29 is 9.18 Å². The summed E-state index contributed by atoms with van der Waals surface area (Å²) in [7, 11) is 0. The van der Waals surface area contributed by atoms with Crippen LogP contribution in [0.2, 0.25) is 0 Å². The van der Waals surface area contributed by atoms with Crippen molar-refractivity contribution in [3.05, 3.63) is 69.9 Å². The molecule has 0 N–H and O–H groups in total. The number of hydrogen-bond acceptors (Lipinski definition) is 3. The molecule has 0 bridgehead atoms. The van der Waals surface area contributed by atoms with Crippen molar-refractivity contribution in [2.75, 3.05) is 4.90 Å². The van der Waals surface area contributed by atoms with Crippen LogP contribution >= 0.6 is 24.0 Å². The Balaban J connectivity index is 1.95. The summed E-state index contributed by atoms with van der Waals surface area (Å²) < 4.78 is 13.0. The maximum atomic E-state index is 13.0. The Morgan fingerprint density at radius 2 is 1.70 bits per heavy atom. The molecule has 2 aromatic rings. The zero-order valence-electron chi connectivity index (χ0n) is 12.7. The molecule has 0 unspecified atom stereocenters. The zero-order valence-corrected chi connectivity index (χ0v) is 14.3. The molecule has 0 aliphatic carbocycles. The fraction of sp³-hybridized carbons (Fsp3) is 0.111. The first-order chi connectivity index (χ1) is 10.9. The molecule has 1 aliphatic heterocycles. The van der Waals surface area contributed by atoms with E-state index in [9.17, 15) is 9.18 Å². The summed E-state index contributed by atoms with van der Waals surface area (Å²) >= 11 is 6.57. The van der Waals surface area contributed by atoms with Crippen molar-refractivity contribution >= 4 is 46.0 Å². The van der Waals surface area contributed by atoms with Crippen LogP contribution in [0.25, 0.3) is 6.08 Å². The minimum Gasteiger partial charge on any atom is -0.261 e. The van der Waals surface area contributed by atoms with Gasteiger partial charge in [-0.3, -0.25) is 9.69 Å². The lowest BCUT2D eigenvalue weighted by Crippen LogP contribution is -2.26. The van der Waals surface area contributed by atoms with Gasteiger partial charge in [0, 0.05) is 0 Å². The van der Waals surface area contributed by atoms with E-state index in [2.05, 4.69) is 6.07 Å². The highest BCUT2D eigenvalue weighted by molar-refractivity contribution is 8.20. The Kier molecular flexibility index (Phi) is 4.33. The molecule has 5 heteroatoms. The number of anilines is 1. The third-order valence-electron chi connectivity index (χ3n) is 3.43. The minimum atomic E-state index is -0.290. The highest BCUT2D eigenvalue weighted by Crippen LogP contribution is 2.37. The fourth-order valence-corrected chi connectivity index (χ4v) is 3.76. The molecule has 0 atom stereocenters. The number of halogens is 1. The predicted molar refractivity (Wildman–Crippen MR) is 98.4 cm³/mol. The summed E-state index contributed by atoms with van der Waals surface area (Å²) in [4.78, 5) is 15.1. The largest absolute Gasteiger partial charge is 0.296 e. The maximum absolute atomic E-state index is 13.0. The molecule has 1 saturated heterocycles. The van der Waals surface area contributed by atoms with Crippen molar-refractivity contribution in [2.24, 2.45) is 0 Å². The first kappa shape index (κ1) is 15.9. The second kappa shape index (κ2) is 6.26. The summed E-state index contributed by atoms with van der Waals surface area (Å²) in [5, 5.41) is -0.117. The highest BCUT2D eigenvalue weighted by atomic mass is 32.2. The molecule has 0 radical (unpaired) electrons. The first-order valence-electron chi connectivity index (χ1n) is 7.06. The maximum Gasteiger partial charge on any atom is 0.296 e. The third-order valence-corrected chi connectivity index (χ3v) is 4.85. The number of rotatable bonds is 2. The van der Waals surface area contributed by atoms with Gasteiger partial charge in [-0.25, -0.2) is 4.39 Å². The summed E-state index contributed by atoms with van der Waals surface area (Å²) in [6.07, 6.45) is 1.81. The molecular weight excluding hydrogens is 329 g/mol. The van der Waals surface area contributed by atoms with Crippen molar-refractivity contribution in [1.82, 2.24) is 0 Å². The zero-order chi connectivity index (χ0) is 16.6. The Morgan fingerprint density at radius 3 is 2.30 bits per heavy atom. The van der Waals surface area contributed by atoms with Gasteiger partial charge in [0.2, 0.25) is 0 Å². The van der Waals surface area contributed by atoms with Gasteiger partial charge in [-0.2, -0.15) is 0 Å². The number of thiocarbonyl (C=S) groups is 1. The van der Waals surface area contributed by atoms with Crippen molar-refractivity contribution in [2.45, 2.75) is 13.8 Å². The predicted octanol–water partition coefficient (Wildman–Crippen LogP) is 5.48. The SMILES string of the molecule is Cc1cc(C)cc(N2C(=O)SC(=Cc3ccc(F)cc3)C2=S)c1. The molecular formula is C18H14FNOS2. The van der Waals surface area contributed by atoms with Gasteiger partial charge in [0.05, 0.1) is 10.6 Å². The van der Waals surface area contributed by atoms with Crippen LogP contribution in [0.4, 0.5) is 14.9 Å².